The van der Waals surface area contributed by atoms with E-state index in [0.717, 1.165) is 25.3 Å². The van der Waals surface area contributed by atoms with E-state index < -0.39 is 0 Å². The van der Waals surface area contributed by atoms with Gasteiger partial charge in [0.2, 0.25) is 0 Å². The van der Waals surface area contributed by atoms with Gasteiger partial charge in [-0.3, -0.25) is 0 Å². The van der Waals surface area contributed by atoms with Crippen molar-refractivity contribution in [3.05, 3.63) is 65.2 Å². The molecule has 2 heteroatoms. The summed E-state index contributed by atoms with van der Waals surface area (Å²) in [5.74, 6) is 1.02. The van der Waals surface area contributed by atoms with Gasteiger partial charge in [-0.1, -0.05) is 80.6 Å². The van der Waals surface area contributed by atoms with E-state index in [0.29, 0.717) is 0 Å². The molecule has 0 bridgehead atoms. The van der Waals surface area contributed by atoms with Crippen molar-refractivity contribution in [1.82, 2.24) is 5.32 Å². The average molecular weight is 340 g/mol. The Morgan fingerprint density at radius 3 is 2.40 bits per heavy atom. The van der Waals surface area contributed by atoms with Crippen LogP contribution in [0.3, 0.4) is 0 Å². The fourth-order valence-corrected chi connectivity index (χ4v) is 2.94. The molecule has 1 atom stereocenters. The fourth-order valence-electron chi connectivity index (χ4n) is 2.94. The summed E-state index contributed by atoms with van der Waals surface area (Å²) in [6.45, 7) is 8.25. The lowest BCUT2D eigenvalue weighted by Gasteiger charge is -2.18. The molecule has 2 aromatic carbocycles. The predicted molar refractivity (Wildman–Crippen MR) is 107 cm³/mol. The van der Waals surface area contributed by atoms with E-state index in [1.54, 1.807) is 0 Å². The molecule has 2 nitrogen and oxygen atoms in total. The topological polar surface area (TPSA) is 21.3 Å². The first kappa shape index (κ1) is 19.5. The Hall–Kier alpha value is -1.80. The number of hydrogen-bond acceptors (Lipinski definition) is 2. The third-order valence-electron chi connectivity index (χ3n) is 4.62. The molecule has 0 radical (unpaired) electrons. The van der Waals surface area contributed by atoms with Gasteiger partial charge in [0.05, 0.1) is 6.61 Å². The molecule has 0 spiro atoms. The maximum Gasteiger partial charge on any atom is 0.124 e. The number of para-hydroxylation sites is 1. The van der Waals surface area contributed by atoms with Crippen LogP contribution in [0.15, 0.2) is 48.5 Å². The number of ether oxygens (including phenoxy) is 1. The molecule has 0 aromatic heterocycles. The summed E-state index contributed by atoms with van der Waals surface area (Å²) in [6.07, 6.45) is 6.33. The highest BCUT2D eigenvalue weighted by Gasteiger charge is 2.11. The van der Waals surface area contributed by atoms with Gasteiger partial charge in [0.25, 0.3) is 0 Å². The number of nitrogens with one attached hydrogen (secondary N) is 1. The van der Waals surface area contributed by atoms with Crippen LogP contribution in [0.5, 0.6) is 5.75 Å². The van der Waals surface area contributed by atoms with E-state index in [4.69, 9.17) is 4.74 Å². The highest BCUT2D eigenvalue weighted by atomic mass is 16.5. The smallest absolute Gasteiger partial charge is 0.124 e. The Morgan fingerprint density at radius 2 is 1.64 bits per heavy atom. The lowest BCUT2D eigenvalue weighted by atomic mass is 10.1. The number of rotatable bonds is 11. The van der Waals surface area contributed by atoms with Crippen molar-refractivity contribution in [2.45, 2.75) is 65.5 Å². The second kappa shape index (κ2) is 10.9. The molecule has 0 aliphatic carbocycles. The number of benzene rings is 2. The first-order chi connectivity index (χ1) is 12.2. The Balaban J connectivity index is 1.84. The summed E-state index contributed by atoms with van der Waals surface area (Å²) in [4.78, 5) is 0. The minimum atomic E-state index is 0.262. The third kappa shape index (κ3) is 6.91. The lowest BCUT2D eigenvalue weighted by Crippen LogP contribution is -2.19. The van der Waals surface area contributed by atoms with Crippen molar-refractivity contribution < 1.29 is 4.74 Å². The highest BCUT2D eigenvalue weighted by Crippen LogP contribution is 2.25. The van der Waals surface area contributed by atoms with Crippen molar-refractivity contribution in [3.63, 3.8) is 0 Å². The monoisotopic (exact) mass is 339 g/mol. The van der Waals surface area contributed by atoms with Gasteiger partial charge in [-0.05, 0) is 31.9 Å². The Kier molecular flexibility index (Phi) is 8.54. The molecule has 0 aliphatic rings. The maximum absolute atomic E-state index is 6.07. The van der Waals surface area contributed by atoms with Gasteiger partial charge >= 0.3 is 0 Å². The van der Waals surface area contributed by atoms with Crippen LogP contribution >= 0.6 is 0 Å². The molecule has 1 unspecified atom stereocenters. The van der Waals surface area contributed by atoms with Crippen LogP contribution in [-0.4, -0.2) is 6.61 Å². The molecule has 0 aliphatic heterocycles. The van der Waals surface area contributed by atoms with Crippen LogP contribution < -0.4 is 10.1 Å². The Bertz CT molecular complexity index is 606. The highest BCUT2D eigenvalue weighted by molar-refractivity contribution is 5.35. The minimum Gasteiger partial charge on any atom is -0.493 e. The van der Waals surface area contributed by atoms with E-state index >= 15 is 0 Å². The van der Waals surface area contributed by atoms with Gasteiger partial charge in [0.1, 0.15) is 5.75 Å². The summed E-state index contributed by atoms with van der Waals surface area (Å²) < 4.78 is 6.07. The van der Waals surface area contributed by atoms with E-state index in [2.05, 4.69) is 74.6 Å². The normalized spacial score (nSPS) is 12.1. The van der Waals surface area contributed by atoms with Gasteiger partial charge < -0.3 is 10.1 Å². The molecule has 25 heavy (non-hydrogen) atoms. The van der Waals surface area contributed by atoms with Crippen molar-refractivity contribution in [2.75, 3.05) is 6.61 Å². The number of hydrogen-bond donors (Lipinski definition) is 1. The molecular formula is C23H33NO. The molecule has 0 saturated heterocycles. The molecular weight excluding hydrogens is 306 g/mol. The molecule has 2 aromatic rings. The second-order valence-corrected chi connectivity index (χ2v) is 6.89. The Morgan fingerprint density at radius 1 is 0.920 bits per heavy atom. The molecule has 1 N–H and O–H groups in total. The van der Waals surface area contributed by atoms with E-state index in [9.17, 15) is 0 Å². The van der Waals surface area contributed by atoms with Crippen molar-refractivity contribution in [2.24, 2.45) is 0 Å². The van der Waals surface area contributed by atoms with Crippen LogP contribution in [0.25, 0.3) is 0 Å². The SMILES string of the molecule is CCCCCCCOc1ccccc1C(C)NCc1ccc(C)cc1. The Labute approximate surface area is 153 Å². The van der Waals surface area contributed by atoms with Crippen LogP contribution in [0.1, 0.15) is 68.7 Å². The van der Waals surface area contributed by atoms with Crippen LogP contribution in [0, 0.1) is 6.92 Å². The second-order valence-electron chi connectivity index (χ2n) is 6.89. The fraction of sp³-hybridized carbons (Fsp3) is 0.478. The van der Waals surface area contributed by atoms with Crippen molar-refractivity contribution in [1.29, 1.82) is 0 Å². The standard InChI is InChI=1S/C23H33NO/c1-4-5-6-7-10-17-25-23-12-9-8-11-22(23)20(3)24-18-21-15-13-19(2)14-16-21/h8-9,11-16,20,24H,4-7,10,17-18H2,1-3H3. The maximum atomic E-state index is 6.07. The van der Waals surface area contributed by atoms with E-state index in [1.807, 2.05) is 0 Å². The summed E-state index contributed by atoms with van der Waals surface area (Å²) >= 11 is 0. The van der Waals surface area contributed by atoms with Crippen LogP contribution in [-0.2, 0) is 6.54 Å². The van der Waals surface area contributed by atoms with Gasteiger partial charge in [-0.25, -0.2) is 0 Å². The van der Waals surface area contributed by atoms with E-state index in [-0.39, 0.29) is 6.04 Å². The summed E-state index contributed by atoms with van der Waals surface area (Å²) in [7, 11) is 0. The van der Waals surface area contributed by atoms with Gasteiger partial charge in [0.15, 0.2) is 0 Å². The third-order valence-corrected chi connectivity index (χ3v) is 4.62. The van der Waals surface area contributed by atoms with Crippen molar-refractivity contribution in [3.8, 4) is 5.75 Å². The largest absolute Gasteiger partial charge is 0.493 e. The molecule has 136 valence electrons. The minimum absolute atomic E-state index is 0.262. The first-order valence-electron chi connectivity index (χ1n) is 9.71. The number of unbranched alkanes of at least 4 members (excludes halogenated alkanes) is 4. The van der Waals surface area contributed by atoms with Crippen LogP contribution in [0.4, 0.5) is 0 Å². The zero-order valence-electron chi connectivity index (χ0n) is 16.1. The molecule has 0 saturated carbocycles. The van der Waals surface area contributed by atoms with E-state index in [1.165, 1.54) is 42.4 Å². The molecule has 0 heterocycles. The summed E-state index contributed by atoms with van der Waals surface area (Å²) in [6, 6.07) is 17.4. The number of aryl methyl sites for hydroxylation is 1. The zero-order chi connectivity index (χ0) is 17.9. The first-order valence-corrected chi connectivity index (χ1v) is 9.71. The van der Waals surface area contributed by atoms with Crippen LogP contribution in [0.2, 0.25) is 0 Å². The molecule has 0 fully saturated rings. The summed E-state index contributed by atoms with van der Waals surface area (Å²) in [5, 5.41) is 3.61. The average Bonchev–Trinajstić information content (AvgIpc) is 2.64. The van der Waals surface area contributed by atoms with Gasteiger partial charge in [-0.2, -0.15) is 0 Å². The predicted octanol–water partition coefficient (Wildman–Crippen LogP) is 6.20. The zero-order valence-corrected chi connectivity index (χ0v) is 16.1. The summed E-state index contributed by atoms with van der Waals surface area (Å²) in [5.41, 5.74) is 3.85. The van der Waals surface area contributed by atoms with Gasteiger partial charge in [0, 0.05) is 18.2 Å². The quantitative estimate of drug-likeness (QED) is 0.492. The van der Waals surface area contributed by atoms with Gasteiger partial charge in [-0.15, -0.1) is 0 Å². The van der Waals surface area contributed by atoms with Crippen molar-refractivity contribution >= 4 is 0 Å². The molecule has 2 rings (SSSR count). The lowest BCUT2D eigenvalue weighted by molar-refractivity contribution is 0.298. The molecule has 0 amide bonds.